The average Bonchev–Trinajstić information content (AvgIpc) is 2.70. The molecule has 19 heavy (non-hydrogen) atoms. The Morgan fingerprint density at radius 1 is 1.26 bits per heavy atom. The fraction of sp³-hybridized carbons (Fsp3) is 0.625. The minimum atomic E-state index is 0.557. The molecule has 3 N–H and O–H groups in total. The predicted molar refractivity (Wildman–Crippen MR) is 81.6 cm³/mol. The highest BCUT2D eigenvalue weighted by Gasteiger charge is 2.31. The number of hydrogen-bond donors (Lipinski definition) is 2. The van der Waals surface area contributed by atoms with E-state index >= 15 is 0 Å². The van der Waals surface area contributed by atoms with E-state index < -0.39 is 0 Å². The van der Waals surface area contributed by atoms with Gasteiger partial charge in [0.15, 0.2) is 0 Å². The molecule has 1 aliphatic carbocycles. The summed E-state index contributed by atoms with van der Waals surface area (Å²) in [5, 5.41) is 3.63. The number of nitrogen functional groups attached to an aromatic ring is 1. The Labute approximate surface area is 116 Å². The van der Waals surface area contributed by atoms with E-state index in [4.69, 9.17) is 10.5 Å². The second-order valence-corrected chi connectivity index (χ2v) is 5.58. The normalized spacial score (nSPS) is 26.4. The zero-order valence-electron chi connectivity index (χ0n) is 12.3. The van der Waals surface area contributed by atoms with Crippen molar-refractivity contribution in [2.45, 2.75) is 46.1 Å². The van der Waals surface area contributed by atoms with Gasteiger partial charge in [-0.2, -0.15) is 0 Å². The molecule has 0 aliphatic heterocycles. The van der Waals surface area contributed by atoms with Gasteiger partial charge in [-0.25, -0.2) is 0 Å². The van der Waals surface area contributed by atoms with Crippen LogP contribution in [0.5, 0.6) is 5.75 Å². The molecule has 3 nitrogen and oxygen atoms in total. The fourth-order valence-corrected chi connectivity index (χ4v) is 3.20. The Morgan fingerprint density at radius 2 is 2.05 bits per heavy atom. The number of hydrogen-bond acceptors (Lipinski definition) is 3. The highest BCUT2D eigenvalue weighted by Crippen LogP contribution is 2.36. The third kappa shape index (κ3) is 3.34. The van der Waals surface area contributed by atoms with Crippen molar-refractivity contribution in [1.82, 2.24) is 0 Å². The van der Waals surface area contributed by atoms with Gasteiger partial charge in [0.1, 0.15) is 5.75 Å². The van der Waals surface area contributed by atoms with Gasteiger partial charge in [0.25, 0.3) is 0 Å². The molecule has 1 aromatic carbocycles. The molecule has 0 radical (unpaired) electrons. The molecule has 0 aromatic heterocycles. The topological polar surface area (TPSA) is 47.3 Å². The second-order valence-electron chi connectivity index (χ2n) is 5.58. The standard InChI is InChI=1S/C16H26N2O/c1-4-12-6-7-16(11(12)3)18-14-8-13(17)9-15(10-14)19-5-2/h8-12,16,18H,4-7,17H2,1-3H3. The van der Waals surface area contributed by atoms with E-state index in [-0.39, 0.29) is 0 Å². The number of nitrogens with one attached hydrogen (secondary N) is 1. The van der Waals surface area contributed by atoms with Gasteiger partial charge in [-0.05, 0) is 37.7 Å². The monoisotopic (exact) mass is 262 g/mol. The number of nitrogens with two attached hydrogens (primary N) is 1. The van der Waals surface area contributed by atoms with Crippen LogP contribution in [0.4, 0.5) is 11.4 Å². The van der Waals surface area contributed by atoms with E-state index in [1.54, 1.807) is 0 Å². The van der Waals surface area contributed by atoms with E-state index in [9.17, 15) is 0 Å². The summed E-state index contributed by atoms with van der Waals surface area (Å²) in [6, 6.07) is 6.48. The molecule has 3 heteroatoms. The van der Waals surface area contributed by atoms with Gasteiger partial charge in [-0.15, -0.1) is 0 Å². The lowest BCUT2D eigenvalue weighted by Crippen LogP contribution is -2.24. The molecule has 3 unspecified atom stereocenters. The first-order valence-electron chi connectivity index (χ1n) is 7.44. The van der Waals surface area contributed by atoms with E-state index in [2.05, 4.69) is 19.2 Å². The Balaban J connectivity index is 2.06. The van der Waals surface area contributed by atoms with Crippen molar-refractivity contribution < 1.29 is 4.74 Å². The first-order chi connectivity index (χ1) is 9.13. The van der Waals surface area contributed by atoms with Gasteiger partial charge >= 0.3 is 0 Å². The molecule has 0 amide bonds. The van der Waals surface area contributed by atoms with Crippen LogP contribution < -0.4 is 15.8 Å². The van der Waals surface area contributed by atoms with Crippen molar-refractivity contribution in [3.05, 3.63) is 18.2 Å². The molecule has 1 saturated carbocycles. The van der Waals surface area contributed by atoms with Gasteiger partial charge in [0.2, 0.25) is 0 Å². The molecule has 0 spiro atoms. The number of anilines is 2. The minimum Gasteiger partial charge on any atom is -0.494 e. The van der Waals surface area contributed by atoms with Gasteiger partial charge < -0.3 is 15.8 Å². The van der Waals surface area contributed by atoms with Crippen LogP contribution in [-0.2, 0) is 0 Å². The largest absolute Gasteiger partial charge is 0.494 e. The molecule has 0 bridgehead atoms. The number of rotatable bonds is 5. The van der Waals surface area contributed by atoms with Crippen LogP contribution in [0.15, 0.2) is 18.2 Å². The molecule has 1 fully saturated rings. The summed E-state index contributed by atoms with van der Waals surface area (Å²) in [6.45, 7) is 7.30. The van der Waals surface area contributed by atoms with Crippen molar-refractivity contribution in [2.24, 2.45) is 11.8 Å². The van der Waals surface area contributed by atoms with Crippen molar-refractivity contribution >= 4 is 11.4 Å². The zero-order chi connectivity index (χ0) is 13.8. The fourth-order valence-electron chi connectivity index (χ4n) is 3.20. The Morgan fingerprint density at radius 3 is 2.68 bits per heavy atom. The van der Waals surface area contributed by atoms with Crippen LogP contribution in [0, 0.1) is 11.8 Å². The van der Waals surface area contributed by atoms with E-state index in [0.717, 1.165) is 29.0 Å². The first-order valence-corrected chi connectivity index (χ1v) is 7.44. The minimum absolute atomic E-state index is 0.557. The van der Waals surface area contributed by atoms with Crippen molar-refractivity contribution in [1.29, 1.82) is 0 Å². The lowest BCUT2D eigenvalue weighted by atomic mass is 9.93. The molecule has 1 aromatic rings. The summed E-state index contributed by atoms with van der Waals surface area (Å²) in [5.41, 5.74) is 7.77. The molecule has 0 heterocycles. The summed E-state index contributed by atoms with van der Waals surface area (Å²) < 4.78 is 5.54. The van der Waals surface area contributed by atoms with Crippen molar-refractivity contribution in [3.8, 4) is 5.75 Å². The predicted octanol–water partition coefficient (Wildman–Crippen LogP) is 3.90. The van der Waals surface area contributed by atoms with Crippen molar-refractivity contribution in [3.63, 3.8) is 0 Å². The summed E-state index contributed by atoms with van der Waals surface area (Å²) in [7, 11) is 0. The van der Waals surface area contributed by atoms with E-state index in [1.807, 2.05) is 25.1 Å². The Hall–Kier alpha value is -1.38. The van der Waals surface area contributed by atoms with E-state index in [1.165, 1.54) is 19.3 Å². The average molecular weight is 262 g/mol. The molecule has 2 rings (SSSR count). The van der Waals surface area contributed by atoms with Gasteiger partial charge in [-0.3, -0.25) is 0 Å². The Kier molecular flexibility index (Phi) is 4.56. The first kappa shape index (κ1) is 14.0. The van der Waals surface area contributed by atoms with Crippen LogP contribution in [0.2, 0.25) is 0 Å². The van der Waals surface area contributed by atoms with Gasteiger partial charge in [0.05, 0.1) is 6.61 Å². The zero-order valence-corrected chi connectivity index (χ0v) is 12.3. The number of ether oxygens (including phenoxy) is 1. The maximum atomic E-state index is 5.93. The van der Waals surface area contributed by atoms with Crippen LogP contribution >= 0.6 is 0 Å². The molecule has 3 atom stereocenters. The summed E-state index contributed by atoms with van der Waals surface area (Å²) in [6.07, 6.45) is 3.86. The smallest absolute Gasteiger partial charge is 0.123 e. The van der Waals surface area contributed by atoms with Crippen LogP contribution in [0.1, 0.15) is 40.0 Å². The molecule has 1 aliphatic rings. The second kappa shape index (κ2) is 6.18. The third-order valence-electron chi connectivity index (χ3n) is 4.34. The Bertz CT molecular complexity index is 419. The van der Waals surface area contributed by atoms with Crippen LogP contribution in [0.25, 0.3) is 0 Å². The van der Waals surface area contributed by atoms with Crippen molar-refractivity contribution in [2.75, 3.05) is 17.7 Å². The summed E-state index contributed by atoms with van der Waals surface area (Å²) in [4.78, 5) is 0. The number of benzene rings is 1. The third-order valence-corrected chi connectivity index (χ3v) is 4.34. The molecular weight excluding hydrogens is 236 g/mol. The van der Waals surface area contributed by atoms with Gasteiger partial charge in [0, 0.05) is 29.5 Å². The highest BCUT2D eigenvalue weighted by atomic mass is 16.5. The molecule has 106 valence electrons. The lowest BCUT2D eigenvalue weighted by Gasteiger charge is -2.22. The SMILES string of the molecule is CCOc1cc(N)cc(NC2CCC(CC)C2C)c1. The quantitative estimate of drug-likeness (QED) is 0.791. The summed E-state index contributed by atoms with van der Waals surface area (Å²) >= 11 is 0. The maximum absolute atomic E-state index is 5.93. The molecule has 0 saturated heterocycles. The lowest BCUT2D eigenvalue weighted by molar-refractivity contribution is 0.340. The van der Waals surface area contributed by atoms with Crippen LogP contribution in [-0.4, -0.2) is 12.6 Å². The van der Waals surface area contributed by atoms with Crippen LogP contribution in [0.3, 0.4) is 0 Å². The summed E-state index contributed by atoms with van der Waals surface area (Å²) in [5.74, 6) is 2.43. The molecular formula is C16H26N2O. The van der Waals surface area contributed by atoms with Gasteiger partial charge in [-0.1, -0.05) is 20.3 Å². The maximum Gasteiger partial charge on any atom is 0.123 e. The van der Waals surface area contributed by atoms with E-state index in [0.29, 0.717) is 12.6 Å². The highest BCUT2D eigenvalue weighted by molar-refractivity contribution is 5.59.